The van der Waals surface area contributed by atoms with Gasteiger partial charge in [-0.3, -0.25) is 9.59 Å². The van der Waals surface area contributed by atoms with Crippen LogP contribution in [0.15, 0.2) is 41.2 Å². The largest absolute Gasteiger partial charge is 0.507 e. The Morgan fingerprint density at radius 1 is 1.08 bits per heavy atom. The van der Waals surface area contributed by atoms with Crippen LogP contribution < -0.4 is 15.2 Å². The van der Waals surface area contributed by atoms with Crippen molar-refractivity contribution < 1.29 is 48.4 Å². The molecule has 0 saturated carbocycles. The van der Waals surface area contributed by atoms with E-state index in [-0.39, 0.29) is 55.0 Å². The van der Waals surface area contributed by atoms with Crippen LogP contribution in [0.5, 0.6) is 17.2 Å². The minimum atomic E-state index is -0.858. The summed E-state index contributed by atoms with van der Waals surface area (Å²) in [6.07, 6.45) is 4.87. The van der Waals surface area contributed by atoms with Crippen LogP contribution >= 0.6 is 0 Å². The number of nitrogens with zero attached hydrogens (tertiary/aromatic N) is 2. The lowest BCUT2D eigenvalue weighted by Crippen LogP contribution is -2.38. The number of aromatic hydroxyl groups is 1. The summed E-state index contributed by atoms with van der Waals surface area (Å²) in [5.41, 5.74) is 6.15. The van der Waals surface area contributed by atoms with Gasteiger partial charge in [0.2, 0.25) is 0 Å². The van der Waals surface area contributed by atoms with Crippen molar-refractivity contribution in [3.05, 3.63) is 41.6 Å². The number of benzene rings is 1. The molecule has 2 atom stereocenters. The third-order valence-corrected chi connectivity index (χ3v) is 5.73. The summed E-state index contributed by atoms with van der Waals surface area (Å²) in [6.45, 7) is 2.54. The molecule has 1 aliphatic heterocycles. The third kappa shape index (κ3) is 6.60. The molecular weight excluding hydrogens is 502 g/mol. The summed E-state index contributed by atoms with van der Waals surface area (Å²) in [4.78, 5) is 50.9. The Bertz CT molecular complexity index is 1190. The molecule has 1 aromatic rings. The molecule has 38 heavy (non-hydrogen) atoms. The Kier molecular flexibility index (Phi) is 9.30. The quantitative estimate of drug-likeness (QED) is 0.0860. The molecule has 4 N–H and O–H groups in total. The fourth-order valence-corrected chi connectivity index (χ4v) is 3.99. The second-order valence-electron chi connectivity index (χ2n) is 8.30. The minimum Gasteiger partial charge on any atom is -0.507 e. The molecule has 13 heteroatoms. The number of ketones is 2. The number of phenols is 1. The predicted molar refractivity (Wildman–Crippen MR) is 131 cm³/mol. The van der Waals surface area contributed by atoms with Gasteiger partial charge in [-0.2, -0.15) is 0 Å². The highest BCUT2D eigenvalue weighted by Crippen LogP contribution is 2.36. The van der Waals surface area contributed by atoms with Crippen molar-refractivity contribution in [1.82, 2.24) is 4.90 Å². The lowest BCUT2D eigenvalue weighted by atomic mass is 9.83. The van der Waals surface area contributed by atoms with Crippen molar-refractivity contribution in [3.63, 3.8) is 0 Å². The summed E-state index contributed by atoms with van der Waals surface area (Å²) in [5, 5.41) is 22.4. The second-order valence-corrected chi connectivity index (χ2v) is 8.30. The van der Waals surface area contributed by atoms with Crippen LogP contribution in [0.25, 0.3) is 0 Å². The van der Waals surface area contributed by atoms with Crippen LogP contribution in [0.3, 0.4) is 0 Å². The van der Waals surface area contributed by atoms with Crippen molar-refractivity contribution in [3.8, 4) is 17.2 Å². The first-order valence-electron chi connectivity index (χ1n) is 11.8. The second kappa shape index (κ2) is 12.6. The fraction of sp³-hybridized carbons (Fsp3) is 0.400. The zero-order valence-corrected chi connectivity index (χ0v) is 20.9. The molecule has 0 fully saturated rings. The first-order valence-corrected chi connectivity index (χ1v) is 11.8. The number of esters is 2. The number of Topliss-reactive ketones (excluding diaryl/α,β-unsaturated/α-hetero) is 2. The van der Waals surface area contributed by atoms with Gasteiger partial charge in [0.25, 0.3) is 0 Å². The number of rotatable bonds is 12. The van der Waals surface area contributed by atoms with Crippen molar-refractivity contribution >= 4 is 29.3 Å². The first kappa shape index (κ1) is 28.0. The molecule has 13 nitrogen and oxygen atoms in total. The van der Waals surface area contributed by atoms with E-state index >= 15 is 0 Å². The zero-order valence-electron chi connectivity index (χ0n) is 20.9. The van der Waals surface area contributed by atoms with Gasteiger partial charge in [-0.1, -0.05) is 17.3 Å². The molecule has 0 bridgehead atoms. The van der Waals surface area contributed by atoms with E-state index in [0.717, 1.165) is 6.07 Å². The summed E-state index contributed by atoms with van der Waals surface area (Å²) >= 11 is 0. The number of ether oxygens (including phenoxy) is 4. The van der Waals surface area contributed by atoms with E-state index in [2.05, 4.69) is 5.16 Å². The zero-order chi connectivity index (χ0) is 27.8. The first-order chi connectivity index (χ1) is 18.2. The highest BCUT2D eigenvalue weighted by atomic mass is 16.6. The maximum absolute atomic E-state index is 13.1. The number of fused-ring (bicyclic) bond motifs is 1. The predicted octanol–water partition coefficient (Wildman–Crippen LogP) is 0.776. The van der Waals surface area contributed by atoms with Gasteiger partial charge >= 0.3 is 11.9 Å². The maximum atomic E-state index is 13.1. The summed E-state index contributed by atoms with van der Waals surface area (Å²) in [5.74, 6) is -4.34. The van der Waals surface area contributed by atoms with E-state index in [1.54, 1.807) is 31.0 Å². The van der Waals surface area contributed by atoms with E-state index in [0.29, 0.717) is 5.57 Å². The molecular formula is C25H29N3O10. The van der Waals surface area contributed by atoms with Gasteiger partial charge < -0.3 is 39.9 Å². The average molecular weight is 532 g/mol. The topological polar surface area (TPSA) is 187 Å². The fourth-order valence-electron chi connectivity index (χ4n) is 3.99. The Hall–Kier alpha value is -4.55. The maximum Gasteiger partial charge on any atom is 0.344 e. The number of oxime groups is 1. The lowest BCUT2D eigenvalue weighted by molar-refractivity contribution is -0.146. The van der Waals surface area contributed by atoms with Gasteiger partial charge in [-0.05, 0) is 25.5 Å². The molecule has 0 spiro atoms. The SMILES string of the molecule is CCOC(=O)COc1cc(O)c(C(=O)CN2C=C3C=CC(C(N)=NO)C(=O)C3C2)cc1OCC(=O)OCC. The number of allylic oxidation sites excluding steroid dienone is 1. The number of nitrogens with two attached hydrogens (primary N) is 1. The van der Waals surface area contributed by atoms with Gasteiger partial charge in [0.15, 0.2) is 42.1 Å². The summed E-state index contributed by atoms with van der Waals surface area (Å²) < 4.78 is 20.5. The smallest absolute Gasteiger partial charge is 0.344 e. The highest BCUT2D eigenvalue weighted by Gasteiger charge is 2.38. The van der Waals surface area contributed by atoms with Crippen LogP contribution in [0.4, 0.5) is 0 Å². The van der Waals surface area contributed by atoms with Crippen LogP contribution in [0, 0.1) is 11.8 Å². The van der Waals surface area contributed by atoms with Crippen molar-refractivity contribution in [2.45, 2.75) is 13.8 Å². The number of hydrogen-bond donors (Lipinski definition) is 3. The molecule has 0 aromatic heterocycles. The van der Waals surface area contributed by atoms with Gasteiger partial charge in [0, 0.05) is 18.8 Å². The summed E-state index contributed by atoms with van der Waals surface area (Å²) in [6, 6.07) is 2.30. The van der Waals surface area contributed by atoms with Gasteiger partial charge in [-0.25, -0.2) is 9.59 Å². The van der Waals surface area contributed by atoms with E-state index in [9.17, 15) is 24.3 Å². The van der Waals surface area contributed by atoms with Crippen molar-refractivity contribution in [1.29, 1.82) is 0 Å². The normalized spacial score (nSPS) is 18.5. The minimum absolute atomic E-state index is 0.0725. The van der Waals surface area contributed by atoms with Crippen LogP contribution in [0.2, 0.25) is 0 Å². The average Bonchev–Trinajstić information content (AvgIpc) is 3.30. The monoisotopic (exact) mass is 531 g/mol. The number of amidine groups is 1. The standard InChI is InChI=1S/C25H29N3O10/c1-3-35-22(31)12-37-20-7-16(18(29)8-21(20)38-13-23(32)36-4-2)19(30)11-28-9-14-5-6-15(25(26)27-34)24(33)17(14)10-28/h5-9,15,17,29,34H,3-4,10-13H2,1-2H3,(H2,26,27). The Balaban J connectivity index is 1.76. The van der Waals surface area contributed by atoms with E-state index in [4.69, 9.17) is 29.9 Å². The highest BCUT2D eigenvalue weighted by molar-refractivity contribution is 6.08. The molecule has 1 aliphatic carbocycles. The van der Waals surface area contributed by atoms with Crippen LogP contribution in [-0.4, -0.2) is 84.1 Å². The Morgan fingerprint density at radius 3 is 2.26 bits per heavy atom. The number of carbonyl (C=O) groups excluding carboxylic acids is 4. The Morgan fingerprint density at radius 2 is 1.68 bits per heavy atom. The molecule has 0 amide bonds. The number of carbonyl (C=O) groups is 4. The molecule has 1 heterocycles. The van der Waals surface area contributed by atoms with Crippen molar-refractivity contribution in [2.75, 3.05) is 39.5 Å². The number of phenolic OH excluding ortho intramolecular Hbond substituents is 1. The molecule has 2 aliphatic rings. The molecule has 2 unspecified atom stereocenters. The molecule has 1 aromatic carbocycles. The number of hydrogen-bond acceptors (Lipinski definition) is 12. The van der Waals surface area contributed by atoms with E-state index in [1.165, 1.54) is 12.1 Å². The van der Waals surface area contributed by atoms with Crippen molar-refractivity contribution in [2.24, 2.45) is 22.7 Å². The molecule has 204 valence electrons. The van der Waals surface area contributed by atoms with Gasteiger partial charge in [0.1, 0.15) is 5.75 Å². The molecule has 0 radical (unpaired) electrons. The van der Waals surface area contributed by atoms with Crippen LogP contribution in [-0.2, 0) is 23.9 Å². The lowest BCUT2D eigenvalue weighted by Gasteiger charge is -2.22. The third-order valence-electron chi connectivity index (χ3n) is 5.73. The van der Waals surface area contributed by atoms with Gasteiger partial charge in [0.05, 0.1) is 37.2 Å². The molecule has 3 rings (SSSR count). The van der Waals surface area contributed by atoms with Gasteiger partial charge in [-0.15, -0.1) is 0 Å². The van der Waals surface area contributed by atoms with E-state index < -0.39 is 48.5 Å². The van der Waals surface area contributed by atoms with Crippen LogP contribution in [0.1, 0.15) is 24.2 Å². The molecule has 0 saturated heterocycles. The van der Waals surface area contributed by atoms with E-state index in [1.807, 2.05) is 0 Å². The Labute approximate surface area is 218 Å². The summed E-state index contributed by atoms with van der Waals surface area (Å²) in [7, 11) is 0.